The van der Waals surface area contributed by atoms with Crippen LogP contribution in [0.15, 0.2) is 36.5 Å². The minimum absolute atomic E-state index is 0.0443. The summed E-state index contributed by atoms with van der Waals surface area (Å²) in [6.45, 7) is 11.6. The lowest BCUT2D eigenvalue weighted by Gasteiger charge is -2.39. The summed E-state index contributed by atoms with van der Waals surface area (Å²) in [7, 11) is 0. The van der Waals surface area contributed by atoms with Gasteiger partial charge in [-0.25, -0.2) is 4.39 Å². The van der Waals surface area contributed by atoms with Crippen LogP contribution in [0.25, 0.3) is 27.5 Å². The van der Waals surface area contributed by atoms with E-state index in [0.29, 0.717) is 18.8 Å². The average Bonchev–Trinajstić information content (AvgIpc) is 3.24. The first-order chi connectivity index (χ1) is 13.5. The zero-order chi connectivity index (χ0) is 20.1. The van der Waals surface area contributed by atoms with Crippen LogP contribution in [0.4, 0.5) is 4.39 Å². The van der Waals surface area contributed by atoms with Gasteiger partial charge in [0.15, 0.2) is 0 Å². The van der Waals surface area contributed by atoms with Crippen LogP contribution in [-0.2, 0) is 10.2 Å². The van der Waals surface area contributed by atoms with Crippen LogP contribution in [0.2, 0.25) is 0 Å². The van der Waals surface area contributed by atoms with Gasteiger partial charge in [-0.15, -0.1) is 0 Å². The second kappa shape index (κ2) is 6.74. The zero-order valence-electron chi connectivity index (χ0n) is 17.1. The molecule has 28 heavy (non-hydrogen) atoms. The minimum atomic E-state index is -0.182. The molecular weight excluding hydrogens is 353 g/mol. The maximum atomic E-state index is 13.9. The second-order valence-electron chi connectivity index (χ2n) is 7.62. The molecule has 4 nitrogen and oxygen atoms in total. The van der Waals surface area contributed by atoms with Gasteiger partial charge in [-0.05, 0) is 62.2 Å². The molecule has 1 aliphatic heterocycles. The molecule has 146 valence electrons. The Morgan fingerprint density at radius 2 is 1.89 bits per heavy atom. The zero-order valence-corrected chi connectivity index (χ0v) is 17.1. The fourth-order valence-corrected chi connectivity index (χ4v) is 4.18. The molecule has 1 fully saturated rings. The summed E-state index contributed by atoms with van der Waals surface area (Å²) >= 11 is 0. The molecule has 1 saturated heterocycles. The minimum Gasteiger partial charge on any atom is -0.379 e. The SMILES string of the molecule is CC.Cc1cc(-n2c(C3(C)COC3)c(C)c3cc4[nH]ncc4cc32)ccc1F. The maximum absolute atomic E-state index is 13.9. The van der Waals surface area contributed by atoms with E-state index in [1.165, 1.54) is 16.6 Å². The molecule has 0 radical (unpaired) electrons. The molecular formula is C23H26FN3O. The number of benzene rings is 2. The quantitative estimate of drug-likeness (QED) is 0.494. The van der Waals surface area contributed by atoms with Gasteiger partial charge in [0.2, 0.25) is 0 Å². The van der Waals surface area contributed by atoms with Crippen LogP contribution in [0.3, 0.4) is 0 Å². The molecule has 2 aromatic carbocycles. The van der Waals surface area contributed by atoms with Gasteiger partial charge in [-0.1, -0.05) is 13.8 Å². The van der Waals surface area contributed by atoms with Gasteiger partial charge in [0, 0.05) is 22.2 Å². The molecule has 0 atom stereocenters. The molecule has 0 amide bonds. The summed E-state index contributed by atoms with van der Waals surface area (Å²) < 4.78 is 21.7. The highest BCUT2D eigenvalue weighted by atomic mass is 19.1. The summed E-state index contributed by atoms with van der Waals surface area (Å²) in [5.74, 6) is -0.182. The molecule has 5 heteroatoms. The van der Waals surface area contributed by atoms with E-state index in [0.717, 1.165) is 22.1 Å². The van der Waals surface area contributed by atoms with Crippen LogP contribution in [-0.4, -0.2) is 28.0 Å². The van der Waals surface area contributed by atoms with Crippen LogP contribution in [0.5, 0.6) is 0 Å². The molecule has 2 aromatic heterocycles. The molecule has 0 bridgehead atoms. The Balaban J connectivity index is 0.000000932. The second-order valence-corrected chi connectivity index (χ2v) is 7.62. The third-order valence-corrected chi connectivity index (χ3v) is 5.59. The van der Waals surface area contributed by atoms with Gasteiger partial charge in [-0.2, -0.15) is 5.10 Å². The number of rotatable bonds is 2. The number of hydrogen-bond donors (Lipinski definition) is 1. The Kier molecular flexibility index (Phi) is 4.50. The largest absolute Gasteiger partial charge is 0.379 e. The van der Waals surface area contributed by atoms with Crippen molar-refractivity contribution in [2.45, 2.75) is 40.0 Å². The molecule has 4 aromatic rings. The van der Waals surface area contributed by atoms with E-state index in [1.54, 1.807) is 13.0 Å². The van der Waals surface area contributed by atoms with E-state index in [9.17, 15) is 4.39 Å². The Labute approximate surface area is 164 Å². The summed E-state index contributed by atoms with van der Waals surface area (Å²) in [6.07, 6.45) is 1.84. The maximum Gasteiger partial charge on any atom is 0.126 e. The highest BCUT2D eigenvalue weighted by molar-refractivity contribution is 5.98. The standard InChI is InChI=1S/C21H20FN3O.C2H6/c1-12-6-15(4-5-17(12)22)25-19-7-14-9-23-24-18(14)8-16(19)13(2)20(25)21(3)10-26-11-21;1-2/h4-9H,10-11H2,1-3H3,(H,23,24);1-2H3. The van der Waals surface area contributed by atoms with Crippen molar-refractivity contribution < 1.29 is 9.13 Å². The molecule has 1 aliphatic rings. The topological polar surface area (TPSA) is 42.8 Å². The fourth-order valence-electron chi connectivity index (χ4n) is 4.18. The number of nitrogens with zero attached hydrogens (tertiary/aromatic N) is 2. The number of halogens is 1. The highest BCUT2D eigenvalue weighted by Gasteiger charge is 2.40. The van der Waals surface area contributed by atoms with Crippen LogP contribution >= 0.6 is 0 Å². The van der Waals surface area contributed by atoms with E-state index < -0.39 is 0 Å². The number of aromatic amines is 1. The predicted octanol–water partition coefficient (Wildman–Crippen LogP) is 5.58. The Morgan fingerprint density at radius 3 is 2.54 bits per heavy atom. The highest BCUT2D eigenvalue weighted by Crippen LogP contribution is 2.41. The first kappa shape index (κ1) is 18.7. The van der Waals surface area contributed by atoms with Crippen molar-refractivity contribution in [1.29, 1.82) is 0 Å². The summed E-state index contributed by atoms with van der Waals surface area (Å²) in [6, 6.07) is 9.64. The van der Waals surface area contributed by atoms with Gasteiger partial charge in [-0.3, -0.25) is 5.10 Å². The fraction of sp³-hybridized carbons (Fsp3) is 0.348. The number of fused-ring (bicyclic) bond motifs is 2. The number of hydrogen-bond acceptors (Lipinski definition) is 2. The van der Waals surface area contributed by atoms with Crippen molar-refractivity contribution in [1.82, 2.24) is 14.8 Å². The summed E-state index contributed by atoms with van der Waals surface area (Å²) in [4.78, 5) is 0. The first-order valence-corrected chi connectivity index (χ1v) is 9.81. The number of H-pyrrole nitrogens is 1. The lowest BCUT2D eigenvalue weighted by molar-refractivity contribution is -0.0529. The van der Waals surface area contributed by atoms with E-state index in [1.807, 2.05) is 32.2 Å². The van der Waals surface area contributed by atoms with Crippen molar-refractivity contribution in [2.24, 2.45) is 0 Å². The number of nitrogens with one attached hydrogen (secondary N) is 1. The van der Waals surface area contributed by atoms with Crippen LogP contribution < -0.4 is 0 Å². The van der Waals surface area contributed by atoms with Gasteiger partial charge in [0.05, 0.1) is 35.9 Å². The van der Waals surface area contributed by atoms with Crippen molar-refractivity contribution in [3.05, 3.63) is 59.2 Å². The van der Waals surface area contributed by atoms with E-state index in [2.05, 4.69) is 40.7 Å². The third-order valence-electron chi connectivity index (χ3n) is 5.59. The van der Waals surface area contributed by atoms with Crippen molar-refractivity contribution in [3.63, 3.8) is 0 Å². The van der Waals surface area contributed by atoms with E-state index in [4.69, 9.17) is 4.74 Å². The molecule has 0 saturated carbocycles. The van der Waals surface area contributed by atoms with Crippen LogP contribution in [0, 0.1) is 19.7 Å². The van der Waals surface area contributed by atoms with Gasteiger partial charge in [0.25, 0.3) is 0 Å². The van der Waals surface area contributed by atoms with Gasteiger partial charge < -0.3 is 9.30 Å². The Bertz CT molecular complexity index is 1170. The normalized spacial score (nSPS) is 15.4. The molecule has 0 aliphatic carbocycles. The smallest absolute Gasteiger partial charge is 0.126 e. The number of aromatic nitrogens is 3. The van der Waals surface area contributed by atoms with E-state index in [-0.39, 0.29) is 11.2 Å². The molecule has 5 rings (SSSR count). The molecule has 1 N–H and O–H groups in total. The van der Waals surface area contributed by atoms with Crippen molar-refractivity contribution in [3.8, 4) is 5.69 Å². The molecule has 3 heterocycles. The lowest BCUT2D eigenvalue weighted by atomic mass is 9.82. The van der Waals surface area contributed by atoms with Crippen LogP contribution in [0.1, 0.15) is 37.6 Å². The van der Waals surface area contributed by atoms with Crippen molar-refractivity contribution in [2.75, 3.05) is 13.2 Å². The summed E-state index contributed by atoms with van der Waals surface area (Å²) in [5, 5.41) is 9.47. The lowest BCUT2D eigenvalue weighted by Crippen LogP contribution is -2.45. The van der Waals surface area contributed by atoms with Crippen molar-refractivity contribution >= 4 is 21.8 Å². The number of ether oxygens (including phenoxy) is 1. The first-order valence-electron chi connectivity index (χ1n) is 9.81. The Morgan fingerprint density at radius 1 is 1.14 bits per heavy atom. The van der Waals surface area contributed by atoms with Gasteiger partial charge >= 0.3 is 0 Å². The number of aryl methyl sites for hydroxylation is 2. The molecule has 0 spiro atoms. The average molecular weight is 379 g/mol. The van der Waals surface area contributed by atoms with E-state index >= 15 is 0 Å². The monoisotopic (exact) mass is 379 g/mol. The predicted molar refractivity (Wildman–Crippen MR) is 112 cm³/mol. The Hall–Kier alpha value is -2.66. The third kappa shape index (κ3) is 2.65. The van der Waals surface area contributed by atoms with Gasteiger partial charge in [0.1, 0.15) is 5.82 Å². The summed E-state index contributed by atoms with van der Waals surface area (Å²) in [5.41, 5.74) is 6.20. The molecule has 0 unspecified atom stereocenters.